The van der Waals surface area contributed by atoms with E-state index in [4.69, 9.17) is 28.0 Å². The van der Waals surface area contributed by atoms with Crippen molar-refractivity contribution < 1.29 is 28.0 Å². The normalized spacial score (nSPS) is 17.8. The summed E-state index contributed by atoms with van der Waals surface area (Å²) in [6.07, 6.45) is 1.72. The Morgan fingerprint density at radius 3 is 2.07 bits per heavy atom. The van der Waals surface area contributed by atoms with Crippen molar-refractivity contribution in [3.63, 3.8) is 0 Å². The number of H-pyrrole nitrogens is 1. The molecule has 4 atom stereocenters. The number of hydrogen-bond donors (Lipinski definition) is 1. The van der Waals surface area contributed by atoms with Crippen LogP contribution in [0.4, 0.5) is 5.95 Å². The lowest BCUT2D eigenvalue weighted by Crippen LogP contribution is -2.39. The Balaban J connectivity index is 1.59. The molecule has 2 heterocycles. The van der Waals surface area contributed by atoms with Gasteiger partial charge in [0.1, 0.15) is 23.2 Å². The first-order chi connectivity index (χ1) is 27.0. The molecule has 4 aromatic rings. The zero-order chi connectivity index (χ0) is 40.2. The third-order valence-corrected chi connectivity index (χ3v) is 11.5. The van der Waals surface area contributed by atoms with Crippen LogP contribution in [0.25, 0.3) is 0 Å². The number of nitrogens with one attached hydrogen (secondary N) is 1. The Hall–Kier alpha value is -4.67. The largest absolute Gasteiger partial charge is 0.497 e. The molecule has 56 heavy (non-hydrogen) atoms. The van der Waals surface area contributed by atoms with Crippen LogP contribution in [0.1, 0.15) is 68.9 Å². The summed E-state index contributed by atoms with van der Waals surface area (Å²) in [4.78, 5) is 26.7. The maximum Gasteiger partial charge on any atom is 0.259 e. The molecule has 1 unspecified atom stereocenters. The molecule has 1 saturated heterocycles. The van der Waals surface area contributed by atoms with Crippen molar-refractivity contribution in [1.29, 1.82) is 5.26 Å². The summed E-state index contributed by atoms with van der Waals surface area (Å²) in [6, 6.07) is 28.0. The number of aromatic nitrogens is 2. The minimum Gasteiger partial charge on any atom is -0.497 e. The van der Waals surface area contributed by atoms with Crippen molar-refractivity contribution in [2.45, 2.75) is 76.5 Å². The molecule has 0 bridgehead atoms. The van der Waals surface area contributed by atoms with Crippen molar-refractivity contribution in [1.82, 2.24) is 19.5 Å². The number of aliphatic imine (C=N–C) groups is 1. The number of aromatic amines is 1. The number of nitriles is 1. The highest BCUT2D eigenvalue weighted by molar-refractivity contribution is 7.44. The van der Waals surface area contributed by atoms with Gasteiger partial charge in [-0.1, -0.05) is 54.6 Å². The van der Waals surface area contributed by atoms with Gasteiger partial charge in [0.25, 0.3) is 14.1 Å². The minimum atomic E-state index is -1.65. The second kappa shape index (κ2) is 20.0. The molecule has 298 valence electrons. The van der Waals surface area contributed by atoms with E-state index in [0.717, 1.165) is 16.7 Å². The molecular weight excluding hydrogens is 731 g/mol. The van der Waals surface area contributed by atoms with E-state index in [-0.39, 0.29) is 43.2 Å². The summed E-state index contributed by atoms with van der Waals surface area (Å²) in [5, 5.41) is 9.34. The fourth-order valence-electron chi connectivity index (χ4n) is 6.73. The van der Waals surface area contributed by atoms with Gasteiger partial charge in [-0.15, -0.1) is 0 Å². The van der Waals surface area contributed by atoms with Gasteiger partial charge in [0.15, 0.2) is 0 Å². The first-order valence-corrected chi connectivity index (χ1v) is 19.8. The summed E-state index contributed by atoms with van der Waals surface area (Å²) >= 11 is 0. The lowest BCUT2D eigenvalue weighted by molar-refractivity contribution is -0.0808. The van der Waals surface area contributed by atoms with E-state index in [1.165, 1.54) is 6.20 Å². The standard InChI is InChI=1S/C42H53N6O7P/c1-29(2)48(30(3)4)56(53-24-12-23-43)55-38-25-37(36-26-44-41(46-40(36)49)45-28-47(5)6)54-39(38)27-52-42(31-13-10-9-11-14-31,32-15-19-34(50-7)20-16-32)33-17-21-35(51-8)22-18-33/h9-11,13-22,26,28-30,37-39H,12,24-25,27H2,1-8H3,(H,44,46,49)/t37-,38+,39-,56?/m1/s1. The van der Waals surface area contributed by atoms with Gasteiger partial charge in [0, 0.05) is 38.8 Å². The average molecular weight is 785 g/mol. The molecule has 0 spiro atoms. The third-order valence-electron chi connectivity index (χ3n) is 9.30. The van der Waals surface area contributed by atoms with Crippen molar-refractivity contribution in [3.8, 4) is 17.6 Å². The highest BCUT2D eigenvalue weighted by Crippen LogP contribution is 2.51. The predicted octanol–water partition coefficient (Wildman–Crippen LogP) is 7.51. The average Bonchev–Trinajstić information content (AvgIpc) is 3.59. The lowest BCUT2D eigenvalue weighted by atomic mass is 9.80. The van der Waals surface area contributed by atoms with Gasteiger partial charge in [0.05, 0.1) is 64.0 Å². The van der Waals surface area contributed by atoms with Crippen LogP contribution in [0.15, 0.2) is 94.8 Å². The first kappa shape index (κ1) is 42.5. The fourth-order valence-corrected chi connectivity index (χ4v) is 8.48. The van der Waals surface area contributed by atoms with E-state index < -0.39 is 32.4 Å². The maximum absolute atomic E-state index is 13.5. The zero-order valence-corrected chi connectivity index (χ0v) is 34.3. The predicted molar refractivity (Wildman–Crippen MR) is 217 cm³/mol. The summed E-state index contributed by atoms with van der Waals surface area (Å²) in [5.74, 6) is 1.61. The second-order valence-corrected chi connectivity index (χ2v) is 15.5. The van der Waals surface area contributed by atoms with Gasteiger partial charge in [-0.2, -0.15) is 5.26 Å². The molecule has 0 amide bonds. The number of nitrogens with zero attached hydrogens (tertiary/aromatic N) is 5. The first-order valence-electron chi connectivity index (χ1n) is 18.7. The second-order valence-electron chi connectivity index (χ2n) is 14.1. The van der Waals surface area contributed by atoms with Crippen LogP contribution >= 0.6 is 8.53 Å². The highest BCUT2D eigenvalue weighted by Gasteiger charge is 2.45. The lowest BCUT2D eigenvalue weighted by Gasteiger charge is -2.39. The Labute approximate surface area is 331 Å². The molecule has 1 aliphatic heterocycles. The van der Waals surface area contributed by atoms with Crippen molar-refractivity contribution in [2.24, 2.45) is 4.99 Å². The molecule has 0 saturated carbocycles. The van der Waals surface area contributed by atoms with Gasteiger partial charge < -0.3 is 32.9 Å². The molecule has 14 heteroatoms. The van der Waals surface area contributed by atoms with Crippen molar-refractivity contribution >= 4 is 20.8 Å². The highest BCUT2D eigenvalue weighted by atomic mass is 31.2. The molecule has 1 fully saturated rings. The summed E-state index contributed by atoms with van der Waals surface area (Å²) in [6.45, 7) is 8.62. The van der Waals surface area contributed by atoms with Gasteiger partial charge in [-0.3, -0.25) is 9.78 Å². The van der Waals surface area contributed by atoms with Gasteiger partial charge >= 0.3 is 0 Å². The fraction of sp³-hybridized carbons (Fsp3) is 0.429. The summed E-state index contributed by atoms with van der Waals surface area (Å²) in [7, 11) is 5.28. The van der Waals surface area contributed by atoms with Crippen LogP contribution in [-0.2, 0) is 24.1 Å². The van der Waals surface area contributed by atoms with E-state index in [0.29, 0.717) is 23.5 Å². The number of hydrogen-bond acceptors (Lipinski definition) is 11. The van der Waals surface area contributed by atoms with E-state index in [9.17, 15) is 10.1 Å². The molecule has 0 aliphatic carbocycles. The van der Waals surface area contributed by atoms with Crippen LogP contribution in [0, 0.1) is 11.3 Å². The Morgan fingerprint density at radius 1 is 0.964 bits per heavy atom. The smallest absolute Gasteiger partial charge is 0.259 e. The Kier molecular flexibility index (Phi) is 15.1. The maximum atomic E-state index is 13.5. The van der Waals surface area contributed by atoms with Crippen LogP contribution < -0.4 is 15.0 Å². The van der Waals surface area contributed by atoms with E-state index in [1.54, 1.807) is 25.5 Å². The van der Waals surface area contributed by atoms with Crippen LogP contribution in [0.3, 0.4) is 0 Å². The van der Waals surface area contributed by atoms with E-state index in [1.807, 2.05) is 93.0 Å². The van der Waals surface area contributed by atoms with Crippen LogP contribution in [0.5, 0.6) is 11.5 Å². The Bertz CT molecular complexity index is 1900. The molecule has 5 rings (SSSR count). The minimum absolute atomic E-state index is 0.0649. The third kappa shape index (κ3) is 10.2. The van der Waals surface area contributed by atoms with Gasteiger partial charge in [-0.05, 0) is 68.7 Å². The van der Waals surface area contributed by atoms with E-state index >= 15 is 0 Å². The zero-order valence-electron chi connectivity index (χ0n) is 33.4. The number of methoxy groups -OCH3 is 2. The van der Waals surface area contributed by atoms with Gasteiger partial charge in [-0.25, -0.2) is 14.6 Å². The molecular formula is C42H53N6O7P. The summed E-state index contributed by atoms with van der Waals surface area (Å²) < 4.78 is 40.5. The van der Waals surface area contributed by atoms with Crippen molar-refractivity contribution in [3.05, 3.63) is 118 Å². The SMILES string of the molecule is COc1ccc(C(OC[C@H]2O[C@@H](c3cnc(N=CN(C)C)[nH]c3=O)C[C@@H]2OP(OCCC#N)N(C(C)C)C(C)C)(c2ccccc2)c2ccc(OC)cc2)cc1. The van der Waals surface area contributed by atoms with Gasteiger partial charge in [0.2, 0.25) is 5.95 Å². The quantitative estimate of drug-likeness (QED) is 0.0332. The number of ether oxygens (including phenoxy) is 4. The number of benzene rings is 3. The molecule has 1 N–H and O–H groups in total. The molecule has 1 aliphatic rings. The van der Waals surface area contributed by atoms with Crippen LogP contribution in [0.2, 0.25) is 0 Å². The molecule has 1 aromatic heterocycles. The Morgan fingerprint density at radius 2 is 1.55 bits per heavy atom. The van der Waals surface area contributed by atoms with E-state index in [2.05, 4.69) is 53.4 Å². The molecule has 0 radical (unpaired) electrons. The monoisotopic (exact) mass is 784 g/mol. The molecule has 13 nitrogen and oxygen atoms in total. The van der Waals surface area contributed by atoms with Crippen LogP contribution in [-0.4, -0.2) is 91.7 Å². The summed E-state index contributed by atoms with van der Waals surface area (Å²) in [5.41, 5.74) is 1.50. The number of rotatable bonds is 19. The van der Waals surface area contributed by atoms with Crippen molar-refractivity contribution in [2.75, 3.05) is 41.5 Å². The topological polar surface area (TPSA) is 144 Å². The molecule has 3 aromatic carbocycles.